The SMILES string of the molecule is CCCCCCc1ccc2c(c1C=O)[NH+]([O-])c1ccccc1-2. The van der Waals surface area contributed by atoms with Crippen LogP contribution in [0.3, 0.4) is 0 Å². The van der Waals surface area contributed by atoms with E-state index in [1.54, 1.807) is 0 Å². The van der Waals surface area contributed by atoms with Crippen molar-refractivity contribution in [3.63, 3.8) is 0 Å². The highest BCUT2D eigenvalue weighted by Gasteiger charge is 2.30. The van der Waals surface area contributed by atoms with Crippen LogP contribution < -0.4 is 5.06 Å². The van der Waals surface area contributed by atoms with Crippen LogP contribution in [0.4, 0.5) is 11.4 Å². The molecule has 114 valence electrons. The minimum absolute atomic E-state index is 0.0110. The first kappa shape index (κ1) is 14.9. The fraction of sp³-hybridized carbons (Fsp3) is 0.316. The van der Waals surface area contributed by atoms with E-state index >= 15 is 0 Å². The maximum absolute atomic E-state index is 12.6. The Labute approximate surface area is 131 Å². The summed E-state index contributed by atoms with van der Waals surface area (Å²) < 4.78 is 0. The minimum Gasteiger partial charge on any atom is -0.623 e. The van der Waals surface area contributed by atoms with Gasteiger partial charge in [0.25, 0.3) is 0 Å². The average molecular weight is 295 g/mol. The molecule has 3 rings (SSSR count). The van der Waals surface area contributed by atoms with Crippen LogP contribution in [0.2, 0.25) is 0 Å². The topological polar surface area (TPSA) is 44.6 Å². The highest BCUT2D eigenvalue weighted by atomic mass is 16.5. The van der Waals surface area contributed by atoms with Crippen molar-refractivity contribution in [1.82, 2.24) is 0 Å². The molecule has 1 N–H and O–H groups in total. The molecule has 0 aliphatic carbocycles. The number of rotatable bonds is 6. The van der Waals surface area contributed by atoms with E-state index in [1.165, 1.54) is 19.3 Å². The molecule has 0 amide bonds. The summed E-state index contributed by atoms with van der Waals surface area (Å²) in [7, 11) is 0. The zero-order chi connectivity index (χ0) is 15.5. The summed E-state index contributed by atoms with van der Waals surface area (Å²) >= 11 is 0. The molecule has 3 heteroatoms. The van der Waals surface area contributed by atoms with Crippen molar-refractivity contribution >= 4 is 17.7 Å². The molecule has 1 aliphatic heterocycles. The van der Waals surface area contributed by atoms with Gasteiger partial charge in [-0.15, -0.1) is 0 Å². The third-order valence-corrected chi connectivity index (χ3v) is 4.44. The van der Waals surface area contributed by atoms with Gasteiger partial charge in [-0.05, 0) is 30.5 Å². The van der Waals surface area contributed by atoms with Crippen molar-refractivity contribution in [3.8, 4) is 11.1 Å². The molecular formula is C19H21NO2. The van der Waals surface area contributed by atoms with Crippen LogP contribution in [0.15, 0.2) is 36.4 Å². The van der Waals surface area contributed by atoms with Gasteiger partial charge in [-0.1, -0.05) is 44.4 Å². The van der Waals surface area contributed by atoms with Crippen LogP contribution in [0.1, 0.15) is 48.5 Å². The second-order valence-electron chi connectivity index (χ2n) is 5.86. The molecule has 0 aromatic heterocycles. The van der Waals surface area contributed by atoms with Crippen LogP contribution in [-0.2, 0) is 6.42 Å². The molecule has 0 radical (unpaired) electrons. The number of quaternary nitrogens is 1. The maximum atomic E-state index is 12.6. The molecule has 0 saturated heterocycles. The minimum atomic E-state index is -0.0110. The number of fused-ring (bicyclic) bond motifs is 3. The lowest BCUT2D eigenvalue weighted by Gasteiger charge is -2.19. The molecule has 0 bridgehead atoms. The summed E-state index contributed by atoms with van der Waals surface area (Å²) in [4.78, 5) is 11.6. The van der Waals surface area contributed by atoms with Gasteiger partial charge in [-0.2, -0.15) is 0 Å². The van der Waals surface area contributed by atoms with Crippen molar-refractivity contribution in [1.29, 1.82) is 0 Å². The van der Waals surface area contributed by atoms with E-state index in [4.69, 9.17) is 0 Å². The Balaban J connectivity index is 1.97. The predicted octanol–water partition coefficient (Wildman–Crippen LogP) is 3.95. The summed E-state index contributed by atoms with van der Waals surface area (Å²) in [5.41, 5.74) is 4.76. The third-order valence-electron chi connectivity index (χ3n) is 4.44. The van der Waals surface area contributed by atoms with Crippen molar-refractivity contribution < 1.29 is 9.86 Å². The number of aldehydes is 1. The van der Waals surface area contributed by atoms with Crippen molar-refractivity contribution in [2.24, 2.45) is 0 Å². The summed E-state index contributed by atoms with van der Waals surface area (Å²) in [5.74, 6) is 0. The molecule has 2 aromatic carbocycles. The molecule has 3 nitrogen and oxygen atoms in total. The average Bonchev–Trinajstić information content (AvgIpc) is 2.85. The highest BCUT2D eigenvalue weighted by Crippen LogP contribution is 2.39. The lowest BCUT2D eigenvalue weighted by atomic mass is 9.96. The fourth-order valence-electron chi connectivity index (χ4n) is 3.28. The largest absolute Gasteiger partial charge is 0.623 e. The molecule has 0 spiro atoms. The summed E-state index contributed by atoms with van der Waals surface area (Å²) in [6.45, 7) is 2.18. The standard InChI is InChI=1S/C19H21NO2/c1-2-3-4-5-8-14-11-12-16-15-9-6-7-10-18(15)20(22)19(16)17(14)13-21/h6-7,9-13,20H,2-5,8H2,1H3. The van der Waals surface area contributed by atoms with Gasteiger partial charge in [-0.3, -0.25) is 4.79 Å². The zero-order valence-corrected chi connectivity index (χ0v) is 12.9. The molecule has 1 heterocycles. The molecule has 1 unspecified atom stereocenters. The normalized spacial score (nSPS) is 15.5. The fourth-order valence-corrected chi connectivity index (χ4v) is 3.28. The molecule has 1 aliphatic rings. The summed E-state index contributed by atoms with van der Waals surface area (Å²) in [5, 5.41) is 12.6. The monoisotopic (exact) mass is 295 g/mol. The lowest BCUT2D eigenvalue weighted by Crippen LogP contribution is -2.95. The van der Waals surface area contributed by atoms with Gasteiger partial charge in [0, 0.05) is 11.6 Å². The van der Waals surface area contributed by atoms with Gasteiger partial charge >= 0.3 is 0 Å². The van der Waals surface area contributed by atoms with Crippen LogP contribution in [0.25, 0.3) is 11.1 Å². The number of para-hydroxylation sites is 1. The first-order chi connectivity index (χ1) is 10.8. The van der Waals surface area contributed by atoms with Gasteiger partial charge in [-0.25, -0.2) is 0 Å². The Bertz CT molecular complexity index is 694. The van der Waals surface area contributed by atoms with Gasteiger partial charge in [0.15, 0.2) is 12.0 Å². The quantitative estimate of drug-likeness (QED) is 0.498. The van der Waals surface area contributed by atoms with E-state index in [9.17, 15) is 10.0 Å². The number of hydrogen-bond acceptors (Lipinski definition) is 2. The Morgan fingerprint density at radius 1 is 1.05 bits per heavy atom. The molecular weight excluding hydrogens is 274 g/mol. The molecule has 2 aromatic rings. The summed E-state index contributed by atoms with van der Waals surface area (Å²) in [6, 6.07) is 11.6. The van der Waals surface area contributed by atoms with Crippen molar-refractivity contribution in [2.45, 2.75) is 39.0 Å². The second kappa shape index (κ2) is 6.42. The molecule has 1 atom stereocenters. The van der Waals surface area contributed by atoms with Crippen molar-refractivity contribution in [3.05, 3.63) is 52.7 Å². The van der Waals surface area contributed by atoms with Gasteiger partial charge in [0.05, 0.1) is 11.1 Å². The maximum Gasteiger partial charge on any atom is 0.156 e. The van der Waals surface area contributed by atoms with Gasteiger partial charge in [0.2, 0.25) is 0 Å². The van der Waals surface area contributed by atoms with Crippen LogP contribution in [0, 0.1) is 5.21 Å². The Morgan fingerprint density at radius 3 is 2.64 bits per heavy atom. The van der Waals surface area contributed by atoms with Crippen LogP contribution in [-0.4, -0.2) is 6.29 Å². The smallest absolute Gasteiger partial charge is 0.156 e. The number of carbonyl (C=O) groups is 1. The number of nitrogens with one attached hydrogen (secondary N) is 1. The summed E-state index contributed by atoms with van der Waals surface area (Å²) in [6.07, 6.45) is 6.36. The highest BCUT2D eigenvalue weighted by molar-refractivity contribution is 5.95. The van der Waals surface area contributed by atoms with E-state index < -0.39 is 0 Å². The van der Waals surface area contributed by atoms with Gasteiger partial charge in [0.1, 0.15) is 5.69 Å². The predicted molar refractivity (Wildman–Crippen MR) is 88.8 cm³/mol. The number of aryl methyl sites for hydroxylation is 1. The Kier molecular flexibility index (Phi) is 4.36. The van der Waals surface area contributed by atoms with E-state index in [0.29, 0.717) is 16.9 Å². The van der Waals surface area contributed by atoms with Crippen molar-refractivity contribution in [2.75, 3.05) is 0 Å². The van der Waals surface area contributed by atoms with Crippen LogP contribution >= 0.6 is 0 Å². The van der Waals surface area contributed by atoms with Gasteiger partial charge < -0.3 is 10.3 Å². The third kappa shape index (κ3) is 2.47. The first-order valence-corrected chi connectivity index (χ1v) is 8.03. The lowest BCUT2D eigenvalue weighted by molar-refractivity contribution is -0.694. The Morgan fingerprint density at radius 2 is 1.86 bits per heavy atom. The molecule has 22 heavy (non-hydrogen) atoms. The zero-order valence-electron chi connectivity index (χ0n) is 12.9. The number of benzene rings is 2. The first-order valence-electron chi connectivity index (χ1n) is 8.03. The molecule has 0 saturated carbocycles. The van der Waals surface area contributed by atoms with E-state index in [0.717, 1.165) is 35.8 Å². The molecule has 0 fully saturated rings. The number of hydrogen-bond donors (Lipinski definition) is 1. The number of carbonyl (C=O) groups excluding carboxylic acids is 1. The van der Waals surface area contributed by atoms with E-state index in [-0.39, 0.29) is 5.06 Å². The number of unbranched alkanes of at least 4 members (excludes halogenated alkanes) is 3. The Hall–Kier alpha value is -1.97. The second-order valence-corrected chi connectivity index (χ2v) is 5.86. The van der Waals surface area contributed by atoms with E-state index in [2.05, 4.69) is 6.92 Å². The van der Waals surface area contributed by atoms with E-state index in [1.807, 2.05) is 36.4 Å². The van der Waals surface area contributed by atoms with Crippen LogP contribution in [0.5, 0.6) is 0 Å².